The van der Waals surface area contributed by atoms with Gasteiger partial charge in [-0.3, -0.25) is 4.79 Å². The number of aliphatic hydroxyl groups excluding tert-OH is 1. The molecule has 1 heterocycles. The summed E-state index contributed by atoms with van der Waals surface area (Å²) in [6.45, 7) is 1.94. The van der Waals surface area contributed by atoms with Gasteiger partial charge in [0.05, 0.1) is 12.1 Å². The molecule has 94 valence electrons. The van der Waals surface area contributed by atoms with Crippen molar-refractivity contribution in [2.45, 2.75) is 51.2 Å². The second-order valence-corrected chi connectivity index (χ2v) is 4.53. The Balaban J connectivity index is 2.11. The normalized spacial score (nSPS) is 24.6. The number of rotatable bonds is 3. The maximum Gasteiger partial charge on any atom is 0.252 e. The molecule has 0 radical (unpaired) electrons. The first kappa shape index (κ1) is 12.1. The number of aromatic nitrogens is 2. The predicted molar refractivity (Wildman–Crippen MR) is 66.1 cm³/mol. The monoisotopic (exact) mass is 237 g/mol. The second kappa shape index (κ2) is 5.31. The van der Waals surface area contributed by atoms with E-state index in [0.29, 0.717) is 18.1 Å². The van der Waals surface area contributed by atoms with Gasteiger partial charge in [-0.1, -0.05) is 19.8 Å². The smallest absolute Gasteiger partial charge is 0.252 e. The fourth-order valence-corrected chi connectivity index (χ4v) is 2.22. The minimum Gasteiger partial charge on any atom is -0.391 e. The van der Waals surface area contributed by atoms with Gasteiger partial charge in [-0.25, -0.2) is 4.98 Å². The van der Waals surface area contributed by atoms with E-state index in [-0.39, 0.29) is 17.7 Å². The van der Waals surface area contributed by atoms with Crippen LogP contribution in [0.4, 0.5) is 5.82 Å². The minimum atomic E-state index is -0.338. The van der Waals surface area contributed by atoms with Crippen molar-refractivity contribution < 1.29 is 5.11 Å². The highest BCUT2D eigenvalue weighted by Gasteiger charge is 2.23. The van der Waals surface area contributed by atoms with Crippen molar-refractivity contribution in [2.24, 2.45) is 0 Å². The van der Waals surface area contributed by atoms with E-state index in [2.05, 4.69) is 15.3 Å². The molecule has 17 heavy (non-hydrogen) atoms. The zero-order valence-electron chi connectivity index (χ0n) is 10.1. The lowest BCUT2D eigenvalue weighted by Crippen LogP contribution is -2.37. The number of hydrogen-bond acceptors (Lipinski definition) is 4. The standard InChI is InChI=1S/C12H19N3O2/c1-2-10-14-11(7-12(17)15-10)13-8-5-3-4-6-9(8)16/h7-9,16H,2-6H2,1H3,(H2,13,14,15,17). The van der Waals surface area contributed by atoms with Crippen molar-refractivity contribution in [1.82, 2.24) is 9.97 Å². The molecule has 0 amide bonds. The number of nitrogens with zero attached hydrogens (tertiary/aromatic N) is 1. The molecule has 2 rings (SSSR count). The Morgan fingerprint density at radius 3 is 3.00 bits per heavy atom. The topological polar surface area (TPSA) is 78.0 Å². The summed E-state index contributed by atoms with van der Waals surface area (Å²) in [5, 5.41) is 13.0. The third kappa shape index (κ3) is 3.06. The number of aliphatic hydroxyl groups is 1. The molecule has 1 saturated carbocycles. The van der Waals surface area contributed by atoms with Gasteiger partial charge in [-0.05, 0) is 12.8 Å². The van der Waals surface area contributed by atoms with E-state index in [1.165, 1.54) is 6.07 Å². The lowest BCUT2D eigenvalue weighted by Gasteiger charge is -2.28. The number of aromatic amines is 1. The average Bonchev–Trinajstić information content (AvgIpc) is 2.31. The van der Waals surface area contributed by atoms with E-state index in [1.807, 2.05) is 6.92 Å². The molecule has 1 aliphatic carbocycles. The van der Waals surface area contributed by atoms with Crippen molar-refractivity contribution in [3.63, 3.8) is 0 Å². The third-order valence-electron chi connectivity index (χ3n) is 3.19. The van der Waals surface area contributed by atoms with Gasteiger partial charge < -0.3 is 15.4 Å². The van der Waals surface area contributed by atoms with Gasteiger partial charge in [0.2, 0.25) is 0 Å². The first-order chi connectivity index (χ1) is 8.19. The van der Waals surface area contributed by atoms with Crippen LogP contribution in [0.5, 0.6) is 0 Å². The summed E-state index contributed by atoms with van der Waals surface area (Å²) in [6, 6.07) is 1.46. The van der Waals surface area contributed by atoms with Gasteiger partial charge in [-0.15, -0.1) is 0 Å². The molecule has 0 bridgehead atoms. The van der Waals surface area contributed by atoms with Gasteiger partial charge in [-0.2, -0.15) is 0 Å². The highest BCUT2D eigenvalue weighted by molar-refractivity contribution is 5.34. The number of aryl methyl sites for hydroxylation is 1. The van der Waals surface area contributed by atoms with Gasteiger partial charge in [0.15, 0.2) is 0 Å². The lowest BCUT2D eigenvalue weighted by atomic mass is 9.93. The van der Waals surface area contributed by atoms with Crippen molar-refractivity contribution in [2.75, 3.05) is 5.32 Å². The number of anilines is 1. The van der Waals surface area contributed by atoms with E-state index in [9.17, 15) is 9.90 Å². The maximum absolute atomic E-state index is 11.4. The Morgan fingerprint density at radius 2 is 2.29 bits per heavy atom. The molecule has 1 fully saturated rings. The molecular formula is C12H19N3O2. The first-order valence-electron chi connectivity index (χ1n) is 6.24. The second-order valence-electron chi connectivity index (χ2n) is 4.53. The molecule has 3 N–H and O–H groups in total. The minimum absolute atomic E-state index is 0.0164. The average molecular weight is 237 g/mol. The molecule has 0 saturated heterocycles. The molecule has 1 aliphatic rings. The zero-order chi connectivity index (χ0) is 12.3. The van der Waals surface area contributed by atoms with Crippen molar-refractivity contribution in [3.8, 4) is 0 Å². The highest BCUT2D eigenvalue weighted by atomic mass is 16.3. The van der Waals surface area contributed by atoms with Gasteiger partial charge >= 0.3 is 0 Å². The van der Waals surface area contributed by atoms with Gasteiger partial charge in [0, 0.05) is 12.5 Å². The van der Waals surface area contributed by atoms with E-state index in [4.69, 9.17) is 0 Å². The Morgan fingerprint density at radius 1 is 1.53 bits per heavy atom. The lowest BCUT2D eigenvalue weighted by molar-refractivity contribution is 0.116. The van der Waals surface area contributed by atoms with Crippen molar-refractivity contribution >= 4 is 5.82 Å². The SMILES string of the molecule is CCc1nc(NC2CCCCC2O)cc(=O)[nH]1. The van der Waals surface area contributed by atoms with Crippen LogP contribution in [0, 0.1) is 0 Å². The van der Waals surface area contributed by atoms with E-state index < -0.39 is 0 Å². The molecule has 0 aliphatic heterocycles. The van der Waals surface area contributed by atoms with Crippen LogP contribution in [0.15, 0.2) is 10.9 Å². The maximum atomic E-state index is 11.4. The van der Waals surface area contributed by atoms with Crippen LogP contribution >= 0.6 is 0 Å². The summed E-state index contributed by atoms with van der Waals surface area (Å²) < 4.78 is 0. The molecule has 5 heteroatoms. The molecule has 0 spiro atoms. The number of hydrogen-bond donors (Lipinski definition) is 3. The molecule has 0 aromatic carbocycles. The van der Waals surface area contributed by atoms with Crippen LogP contribution < -0.4 is 10.9 Å². The number of nitrogens with one attached hydrogen (secondary N) is 2. The fraction of sp³-hybridized carbons (Fsp3) is 0.667. The summed E-state index contributed by atoms with van der Waals surface area (Å²) in [4.78, 5) is 18.4. The quantitative estimate of drug-likeness (QED) is 0.734. The van der Waals surface area contributed by atoms with Crippen LogP contribution in [0.3, 0.4) is 0 Å². The largest absolute Gasteiger partial charge is 0.391 e. The van der Waals surface area contributed by atoms with Gasteiger partial charge in [0.1, 0.15) is 11.6 Å². The highest BCUT2D eigenvalue weighted by Crippen LogP contribution is 2.21. The predicted octanol–water partition coefficient (Wildman–Crippen LogP) is 1.05. The van der Waals surface area contributed by atoms with Crippen LogP contribution in [0.2, 0.25) is 0 Å². The summed E-state index contributed by atoms with van der Waals surface area (Å²) in [5.74, 6) is 1.24. The van der Waals surface area contributed by atoms with Crippen molar-refractivity contribution in [3.05, 3.63) is 22.2 Å². The molecular weight excluding hydrogens is 218 g/mol. The molecule has 1 aromatic heterocycles. The van der Waals surface area contributed by atoms with Crippen molar-refractivity contribution in [1.29, 1.82) is 0 Å². The van der Waals surface area contributed by atoms with E-state index in [1.54, 1.807) is 0 Å². The Hall–Kier alpha value is -1.36. The summed E-state index contributed by atoms with van der Waals surface area (Å²) in [5.41, 5.74) is -0.148. The zero-order valence-corrected chi connectivity index (χ0v) is 10.1. The van der Waals surface area contributed by atoms with Crippen LogP contribution in [0.25, 0.3) is 0 Å². The molecule has 5 nitrogen and oxygen atoms in total. The van der Waals surface area contributed by atoms with Gasteiger partial charge in [0.25, 0.3) is 5.56 Å². The summed E-state index contributed by atoms with van der Waals surface area (Å²) >= 11 is 0. The fourth-order valence-electron chi connectivity index (χ4n) is 2.22. The molecule has 1 aromatic rings. The van der Waals surface area contributed by atoms with E-state index in [0.717, 1.165) is 25.7 Å². The Labute approximate surface area is 100 Å². The number of H-pyrrole nitrogens is 1. The molecule has 2 atom stereocenters. The van der Waals surface area contributed by atoms with Crippen LogP contribution in [0.1, 0.15) is 38.4 Å². The molecule has 2 unspecified atom stereocenters. The van der Waals surface area contributed by atoms with E-state index >= 15 is 0 Å². The summed E-state index contributed by atoms with van der Waals surface area (Å²) in [7, 11) is 0. The summed E-state index contributed by atoms with van der Waals surface area (Å²) in [6.07, 6.45) is 4.28. The van der Waals surface area contributed by atoms with Crippen LogP contribution in [-0.2, 0) is 6.42 Å². The Bertz CT molecular complexity index is 430. The first-order valence-corrected chi connectivity index (χ1v) is 6.24. The third-order valence-corrected chi connectivity index (χ3v) is 3.19. The van der Waals surface area contributed by atoms with Crippen LogP contribution in [-0.4, -0.2) is 27.2 Å². The Kier molecular flexibility index (Phi) is 3.78.